The van der Waals surface area contributed by atoms with Crippen LogP contribution in [0.3, 0.4) is 0 Å². The van der Waals surface area contributed by atoms with Crippen LogP contribution in [-0.2, 0) is 4.74 Å². The fourth-order valence-electron chi connectivity index (χ4n) is 2.76. The van der Waals surface area contributed by atoms with Crippen molar-refractivity contribution in [3.05, 3.63) is 0 Å². The Morgan fingerprint density at radius 3 is 2.25 bits per heavy atom. The molecule has 0 amide bonds. The molecule has 1 rings (SSSR count). The van der Waals surface area contributed by atoms with E-state index in [9.17, 15) is 0 Å². The van der Waals surface area contributed by atoms with Gasteiger partial charge in [0.1, 0.15) is 0 Å². The van der Waals surface area contributed by atoms with Crippen LogP contribution in [0.15, 0.2) is 4.99 Å². The van der Waals surface area contributed by atoms with Crippen LogP contribution in [0, 0.1) is 0 Å². The first-order chi connectivity index (χ1) is 11.1. The first kappa shape index (κ1) is 21.6. The molecule has 1 fully saturated rings. The van der Waals surface area contributed by atoms with E-state index >= 15 is 0 Å². The molecule has 1 heterocycles. The third kappa shape index (κ3) is 7.19. The molecule has 1 saturated heterocycles. The number of guanidine groups is 1. The van der Waals surface area contributed by atoms with Gasteiger partial charge in [0.15, 0.2) is 5.96 Å². The lowest BCUT2D eigenvalue weighted by Gasteiger charge is -2.44. The molecule has 0 saturated carbocycles. The molecule has 2 unspecified atom stereocenters. The Morgan fingerprint density at radius 1 is 1.17 bits per heavy atom. The fraction of sp³-hybridized carbons (Fsp3) is 0.944. The van der Waals surface area contributed by atoms with E-state index < -0.39 is 0 Å². The Bertz CT molecular complexity index is 402. The largest absolute Gasteiger partial charge is 0.373 e. The third-order valence-corrected chi connectivity index (χ3v) is 5.73. The number of rotatable bonds is 7. The molecule has 1 aliphatic rings. The van der Waals surface area contributed by atoms with Gasteiger partial charge in [-0.05, 0) is 54.7 Å². The molecule has 2 atom stereocenters. The van der Waals surface area contributed by atoms with Gasteiger partial charge in [0.2, 0.25) is 0 Å². The average Bonchev–Trinajstić information content (AvgIpc) is 2.49. The van der Waals surface area contributed by atoms with Crippen molar-refractivity contribution in [2.45, 2.75) is 71.0 Å². The van der Waals surface area contributed by atoms with Crippen LogP contribution >= 0.6 is 11.8 Å². The second kappa shape index (κ2) is 9.30. The SMILES string of the molecule is CCNC(=NCC(C)(C)N1CC(C)OC(C)C1)NCC(C)(C)SC. The lowest BCUT2D eigenvalue weighted by atomic mass is 10.0. The van der Waals surface area contributed by atoms with Crippen molar-refractivity contribution >= 4 is 17.7 Å². The Hall–Kier alpha value is -0.460. The van der Waals surface area contributed by atoms with Crippen molar-refractivity contribution in [3.8, 4) is 0 Å². The van der Waals surface area contributed by atoms with Crippen LogP contribution in [0.4, 0.5) is 0 Å². The summed E-state index contributed by atoms with van der Waals surface area (Å²) in [5, 5.41) is 6.84. The maximum atomic E-state index is 5.86. The molecular weight excluding hydrogens is 320 g/mol. The van der Waals surface area contributed by atoms with Gasteiger partial charge in [-0.3, -0.25) is 9.89 Å². The van der Waals surface area contributed by atoms with E-state index in [1.807, 2.05) is 11.8 Å². The normalized spacial score (nSPS) is 24.1. The smallest absolute Gasteiger partial charge is 0.191 e. The minimum absolute atomic E-state index is 0.0175. The van der Waals surface area contributed by atoms with Crippen molar-refractivity contribution in [1.82, 2.24) is 15.5 Å². The minimum Gasteiger partial charge on any atom is -0.373 e. The quantitative estimate of drug-likeness (QED) is 0.541. The number of ether oxygens (including phenoxy) is 1. The topological polar surface area (TPSA) is 48.9 Å². The number of aliphatic imine (C=N–C) groups is 1. The monoisotopic (exact) mass is 358 g/mol. The van der Waals surface area contributed by atoms with Crippen molar-refractivity contribution < 1.29 is 4.74 Å². The zero-order chi connectivity index (χ0) is 18.4. The van der Waals surface area contributed by atoms with Crippen molar-refractivity contribution in [3.63, 3.8) is 0 Å². The Labute approximate surface area is 153 Å². The first-order valence-electron chi connectivity index (χ1n) is 9.07. The zero-order valence-electron chi connectivity index (χ0n) is 16.9. The number of hydrogen-bond acceptors (Lipinski definition) is 4. The molecule has 0 aliphatic carbocycles. The summed E-state index contributed by atoms with van der Waals surface area (Å²) in [6.45, 7) is 19.9. The highest BCUT2D eigenvalue weighted by Crippen LogP contribution is 2.22. The van der Waals surface area contributed by atoms with Crippen LogP contribution in [-0.4, -0.2) is 72.3 Å². The van der Waals surface area contributed by atoms with Crippen LogP contribution < -0.4 is 10.6 Å². The third-order valence-electron chi connectivity index (χ3n) is 4.48. The lowest BCUT2D eigenvalue weighted by Crippen LogP contribution is -2.56. The van der Waals surface area contributed by atoms with E-state index in [0.717, 1.165) is 38.7 Å². The number of morpholine rings is 1. The summed E-state index contributed by atoms with van der Waals surface area (Å²) in [5.74, 6) is 0.905. The molecule has 24 heavy (non-hydrogen) atoms. The van der Waals surface area contributed by atoms with Crippen LogP contribution in [0.25, 0.3) is 0 Å². The van der Waals surface area contributed by atoms with E-state index in [0.29, 0.717) is 0 Å². The second-order valence-corrected chi connectivity index (χ2v) is 9.50. The van der Waals surface area contributed by atoms with E-state index in [-0.39, 0.29) is 22.5 Å². The molecular formula is C18H38N4OS. The number of hydrogen-bond donors (Lipinski definition) is 2. The van der Waals surface area contributed by atoms with Gasteiger partial charge >= 0.3 is 0 Å². The van der Waals surface area contributed by atoms with Gasteiger partial charge in [-0.1, -0.05) is 0 Å². The van der Waals surface area contributed by atoms with Crippen molar-refractivity contribution in [2.75, 3.05) is 39.0 Å². The summed E-state index contributed by atoms with van der Waals surface area (Å²) in [4.78, 5) is 7.36. The van der Waals surface area contributed by atoms with Gasteiger partial charge in [-0.2, -0.15) is 11.8 Å². The predicted octanol–water partition coefficient (Wildman–Crippen LogP) is 2.57. The minimum atomic E-state index is 0.0175. The molecule has 0 spiro atoms. The van der Waals surface area contributed by atoms with Gasteiger partial charge in [-0.15, -0.1) is 0 Å². The van der Waals surface area contributed by atoms with Crippen LogP contribution in [0.5, 0.6) is 0 Å². The zero-order valence-corrected chi connectivity index (χ0v) is 17.7. The van der Waals surface area contributed by atoms with Crippen LogP contribution in [0.1, 0.15) is 48.5 Å². The fourth-order valence-corrected chi connectivity index (χ4v) is 2.97. The molecule has 0 aromatic heterocycles. The highest BCUT2D eigenvalue weighted by Gasteiger charge is 2.33. The summed E-state index contributed by atoms with van der Waals surface area (Å²) in [6, 6.07) is 0. The van der Waals surface area contributed by atoms with E-state index in [4.69, 9.17) is 9.73 Å². The lowest BCUT2D eigenvalue weighted by molar-refractivity contribution is -0.0939. The number of thioether (sulfide) groups is 1. The number of nitrogens with one attached hydrogen (secondary N) is 2. The maximum Gasteiger partial charge on any atom is 0.191 e. The molecule has 5 nitrogen and oxygen atoms in total. The maximum absolute atomic E-state index is 5.86. The molecule has 0 aromatic rings. The van der Waals surface area contributed by atoms with Crippen molar-refractivity contribution in [1.29, 1.82) is 0 Å². The molecule has 0 radical (unpaired) electrons. The van der Waals surface area contributed by atoms with Gasteiger partial charge in [0, 0.05) is 36.5 Å². The second-order valence-electron chi connectivity index (χ2n) is 7.99. The Morgan fingerprint density at radius 2 is 1.75 bits per heavy atom. The highest BCUT2D eigenvalue weighted by atomic mass is 32.2. The average molecular weight is 359 g/mol. The Kier molecular flexibility index (Phi) is 8.36. The summed E-state index contributed by atoms with van der Waals surface area (Å²) >= 11 is 1.87. The highest BCUT2D eigenvalue weighted by molar-refractivity contribution is 7.99. The van der Waals surface area contributed by atoms with Gasteiger partial charge in [-0.25, -0.2) is 0 Å². The van der Waals surface area contributed by atoms with E-state index in [1.54, 1.807) is 0 Å². The van der Waals surface area contributed by atoms with Gasteiger partial charge < -0.3 is 15.4 Å². The predicted molar refractivity (Wildman–Crippen MR) is 107 cm³/mol. The summed E-state index contributed by atoms with van der Waals surface area (Å²) in [5.41, 5.74) is 0.0175. The molecule has 0 aromatic carbocycles. The van der Waals surface area contributed by atoms with Crippen LogP contribution in [0.2, 0.25) is 0 Å². The molecule has 2 N–H and O–H groups in total. The molecule has 6 heteroatoms. The van der Waals surface area contributed by atoms with E-state index in [1.165, 1.54) is 0 Å². The molecule has 0 bridgehead atoms. The summed E-state index contributed by atoms with van der Waals surface area (Å²) < 4.78 is 6.05. The number of nitrogens with zero attached hydrogens (tertiary/aromatic N) is 2. The van der Waals surface area contributed by atoms with Gasteiger partial charge in [0.25, 0.3) is 0 Å². The summed E-state index contributed by atoms with van der Waals surface area (Å²) in [7, 11) is 0. The molecule has 142 valence electrons. The summed E-state index contributed by atoms with van der Waals surface area (Å²) in [6.07, 6.45) is 2.71. The van der Waals surface area contributed by atoms with Crippen molar-refractivity contribution in [2.24, 2.45) is 4.99 Å². The Balaban J connectivity index is 2.69. The standard InChI is InChI=1S/C18H38N4OS/c1-9-19-16(21-13-18(6,7)24-8)20-12-17(4,5)22-10-14(2)23-15(3)11-22/h14-15H,9-13H2,1-8H3,(H2,19,20,21). The van der Waals surface area contributed by atoms with Gasteiger partial charge in [0.05, 0.1) is 18.8 Å². The van der Waals surface area contributed by atoms with E-state index in [2.05, 4.69) is 70.3 Å². The molecule has 1 aliphatic heterocycles. The first-order valence-corrected chi connectivity index (χ1v) is 10.3.